The second kappa shape index (κ2) is 8.40. The minimum atomic E-state index is 0. The molecule has 3 nitrogen and oxygen atoms in total. The Morgan fingerprint density at radius 2 is 1.81 bits per heavy atom. The van der Waals surface area contributed by atoms with Crippen molar-refractivity contribution in [2.24, 2.45) is 11.7 Å². The van der Waals surface area contributed by atoms with Crippen molar-refractivity contribution in [2.45, 2.75) is 52.0 Å². The Hall–Kier alpha value is -1.06. The molecule has 0 aliphatic heterocycles. The predicted octanol–water partition coefficient (Wildman–Crippen LogP) is 3.36. The molecule has 0 saturated heterocycles. The molecule has 0 heterocycles. The molecule has 0 bridgehead atoms. The molecule has 21 heavy (non-hydrogen) atoms. The van der Waals surface area contributed by atoms with Crippen molar-refractivity contribution in [3.05, 3.63) is 34.9 Å². The maximum Gasteiger partial charge on any atom is 0.252 e. The number of hydrogen-bond donors (Lipinski definition) is 2. The first kappa shape index (κ1) is 18.0. The third-order valence-electron chi connectivity index (χ3n) is 4.50. The molecule has 1 aliphatic rings. The van der Waals surface area contributed by atoms with Crippen LogP contribution in [0.4, 0.5) is 0 Å². The van der Waals surface area contributed by atoms with Gasteiger partial charge < -0.3 is 11.1 Å². The van der Waals surface area contributed by atoms with Crippen molar-refractivity contribution < 1.29 is 4.79 Å². The number of rotatable bonds is 4. The van der Waals surface area contributed by atoms with Gasteiger partial charge in [0.1, 0.15) is 0 Å². The Bertz CT molecular complexity index is 450. The van der Waals surface area contributed by atoms with Crippen molar-refractivity contribution in [3.63, 3.8) is 0 Å². The van der Waals surface area contributed by atoms with Crippen LogP contribution in [0.5, 0.6) is 0 Å². The fourth-order valence-corrected chi connectivity index (χ4v) is 3.32. The van der Waals surface area contributed by atoms with Crippen molar-refractivity contribution in [1.82, 2.24) is 5.32 Å². The molecule has 1 aromatic carbocycles. The highest BCUT2D eigenvalue weighted by Crippen LogP contribution is 2.26. The van der Waals surface area contributed by atoms with E-state index in [0.717, 1.165) is 16.7 Å². The van der Waals surface area contributed by atoms with E-state index in [4.69, 9.17) is 5.73 Å². The molecule has 1 aromatic rings. The van der Waals surface area contributed by atoms with E-state index in [9.17, 15) is 4.79 Å². The Morgan fingerprint density at radius 3 is 2.33 bits per heavy atom. The van der Waals surface area contributed by atoms with Gasteiger partial charge in [0.15, 0.2) is 0 Å². The zero-order valence-electron chi connectivity index (χ0n) is 13.0. The van der Waals surface area contributed by atoms with Gasteiger partial charge in [-0.1, -0.05) is 37.5 Å². The van der Waals surface area contributed by atoms with Crippen molar-refractivity contribution >= 4 is 18.3 Å². The smallest absolute Gasteiger partial charge is 0.252 e. The number of carbonyl (C=O) groups is 1. The average molecular weight is 311 g/mol. The van der Waals surface area contributed by atoms with E-state index in [0.29, 0.717) is 12.5 Å². The maximum atomic E-state index is 12.5. The summed E-state index contributed by atoms with van der Waals surface area (Å²) in [6, 6.07) is 6.07. The van der Waals surface area contributed by atoms with Gasteiger partial charge in [0, 0.05) is 18.2 Å². The van der Waals surface area contributed by atoms with E-state index in [1.165, 1.54) is 32.1 Å². The molecule has 1 unspecified atom stereocenters. The molecule has 0 radical (unpaired) electrons. The summed E-state index contributed by atoms with van der Waals surface area (Å²) in [5.74, 6) is 0.573. The number of halogens is 1. The van der Waals surface area contributed by atoms with Crippen molar-refractivity contribution in [3.8, 4) is 0 Å². The molecule has 118 valence electrons. The highest BCUT2D eigenvalue weighted by molar-refractivity contribution is 5.97. The van der Waals surface area contributed by atoms with E-state index in [2.05, 4.69) is 5.32 Å². The number of nitrogens with two attached hydrogens (primary N) is 1. The van der Waals surface area contributed by atoms with Crippen molar-refractivity contribution in [2.75, 3.05) is 6.54 Å². The lowest BCUT2D eigenvalue weighted by Crippen LogP contribution is -2.46. The lowest BCUT2D eigenvalue weighted by molar-refractivity contribution is 0.0914. The van der Waals surface area contributed by atoms with Gasteiger partial charge in [0.2, 0.25) is 0 Å². The first-order valence-corrected chi connectivity index (χ1v) is 7.70. The Balaban J connectivity index is 0.00000220. The lowest BCUT2D eigenvalue weighted by atomic mass is 9.83. The summed E-state index contributed by atoms with van der Waals surface area (Å²) >= 11 is 0. The van der Waals surface area contributed by atoms with Crippen LogP contribution in [0, 0.1) is 19.8 Å². The highest BCUT2D eigenvalue weighted by Gasteiger charge is 2.25. The fraction of sp³-hybridized carbons (Fsp3) is 0.588. The minimum absolute atomic E-state index is 0. The van der Waals surface area contributed by atoms with E-state index in [1.807, 2.05) is 32.0 Å². The summed E-state index contributed by atoms with van der Waals surface area (Å²) in [4.78, 5) is 12.5. The first-order valence-electron chi connectivity index (χ1n) is 7.70. The van der Waals surface area contributed by atoms with Gasteiger partial charge in [-0.2, -0.15) is 0 Å². The second-order valence-corrected chi connectivity index (χ2v) is 5.98. The van der Waals surface area contributed by atoms with Crippen LogP contribution in [0.2, 0.25) is 0 Å². The zero-order chi connectivity index (χ0) is 14.5. The van der Waals surface area contributed by atoms with Crippen LogP contribution in [-0.4, -0.2) is 18.5 Å². The molecule has 1 atom stereocenters. The summed E-state index contributed by atoms with van der Waals surface area (Å²) in [6.45, 7) is 4.50. The molecule has 4 heteroatoms. The Kier molecular flexibility index (Phi) is 7.20. The molecule has 3 N–H and O–H groups in total. The van der Waals surface area contributed by atoms with Gasteiger partial charge in [-0.05, 0) is 43.7 Å². The topological polar surface area (TPSA) is 55.1 Å². The third-order valence-corrected chi connectivity index (χ3v) is 4.50. The molecular weight excluding hydrogens is 284 g/mol. The molecule has 1 saturated carbocycles. The monoisotopic (exact) mass is 310 g/mol. The van der Waals surface area contributed by atoms with E-state index < -0.39 is 0 Å². The summed E-state index contributed by atoms with van der Waals surface area (Å²) in [5.41, 5.74) is 8.76. The molecule has 2 rings (SSSR count). The quantitative estimate of drug-likeness (QED) is 0.896. The second-order valence-electron chi connectivity index (χ2n) is 5.98. The molecule has 1 aliphatic carbocycles. The SMILES string of the molecule is Cc1cccc(C)c1C(=O)NC(CN)C1CCCCC1.Cl. The van der Waals surface area contributed by atoms with Gasteiger partial charge in [0.25, 0.3) is 5.91 Å². The fourth-order valence-electron chi connectivity index (χ4n) is 3.32. The van der Waals surface area contributed by atoms with Crippen LogP contribution in [0.1, 0.15) is 53.6 Å². The maximum absolute atomic E-state index is 12.5. The number of carbonyl (C=O) groups excluding carboxylic acids is 1. The van der Waals surface area contributed by atoms with Crippen LogP contribution >= 0.6 is 12.4 Å². The normalized spacial score (nSPS) is 16.9. The molecular formula is C17H27ClN2O. The number of hydrogen-bond acceptors (Lipinski definition) is 2. The Labute approximate surface area is 134 Å². The van der Waals surface area contributed by atoms with Gasteiger partial charge in [-0.3, -0.25) is 4.79 Å². The first-order chi connectivity index (χ1) is 9.63. The van der Waals surface area contributed by atoms with Gasteiger partial charge >= 0.3 is 0 Å². The zero-order valence-corrected chi connectivity index (χ0v) is 13.8. The predicted molar refractivity (Wildman–Crippen MR) is 90.0 cm³/mol. The third kappa shape index (κ3) is 4.45. The molecule has 0 aromatic heterocycles. The van der Waals surface area contributed by atoms with Gasteiger partial charge in [0.05, 0.1) is 0 Å². The highest BCUT2D eigenvalue weighted by atomic mass is 35.5. The molecule has 1 fully saturated rings. The molecule has 0 spiro atoms. The summed E-state index contributed by atoms with van der Waals surface area (Å²) in [7, 11) is 0. The minimum Gasteiger partial charge on any atom is -0.348 e. The van der Waals surface area contributed by atoms with E-state index >= 15 is 0 Å². The summed E-state index contributed by atoms with van der Waals surface area (Å²) < 4.78 is 0. The van der Waals surface area contributed by atoms with Gasteiger partial charge in [-0.25, -0.2) is 0 Å². The number of benzene rings is 1. The van der Waals surface area contributed by atoms with Crippen molar-refractivity contribution in [1.29, 1.82) is 0 Å². The van der Waals surface area contributed by atoms with Gasteiger partial charge in [-0.15, -0.1) is 12.4 Å². The molecule has 1 amide bonds. The largest absolute Gasteiger partial charge is 0.348 e. The van der Waals surface area contributed by atoms with Crippen LogP contribution in [0.15, 0.2) is 18.2 Å². The Morgan fingerprint density at radius 1 is 1.24 bits per heavy atom. The summed E-state index contributed by atoms with van der Waals surface area (Å²) in [5, 5.41) is 3.17. The number of aryl methyl sites for hydroxylation is 2. The lowest BCUT2D eigenvalue weighted by Gasteiger charge is -2.30. The van der Waals surface area contributed by atoms with Crippen LogP contribution in [-0.2, 0) is 0 Å². The average Bonchev–Trinajstić information content (AvgIpc) is 2.45. The number of nitrogens with one attached hydrogen (secondary N) is 1. The van der Waals surface area contributed by atoms with E-state index in [1.54, 1.807) is 0 Å². The van der Waals surface area contributed by atoms with E-state index in [-0.39, 0.29) is 24.4 Å². The van der Waals surface area contributed by atoms with Crippen LogP contribution < -0.4 is 11.1 Å². The summed E-state index contributed by atoms with van der Waals surface area (Å²) in [6.07, 6.45) is 6.23. The van der Waals surface area contributed by atoms with Crippen LogP contribution in [0.3, 0.4) is 0 Å². The standard InChI is InChI=1S/C17H26N2O.ClH/c1-12-7-6-8-13(2)16(12)17(20)19-15(11-18)14-9-4-3-5-10-14;/h6-8,14-15H,3-5,9-11,18H2,1-2H3,(H,19,20);1H. The number of amides is 1. The van der Waals surface area contributed by atoms with Crippen LogP contribution in [0.25, 0.3) is 0 Å².